The van der Waals surface area contributed by atoms with Crippen LogP contribution in [0, 0.1) is 18.4 Å². The molecule has 0 spiro atoms. The minimum Gasteiger partial charge on any atom is -0.187 e. The second-order valence-corrected chi connectivity index (χ2v) is 3.78. The molecule has 0 unspecified atom stereocenters. The highest BCUT2D eigenvalue weighted by atomic mass is 19.4. The second-order valence-electron chi connectivity index (χ2n) is 3.78. The molecule has 8 heteroatoms. The lowest BCUT2D eigenvalue weighted by Crippen LogP contribution is -2.42. The SMILES string of the molecule is Cc1ccc(C2=NN(C#N)NN=C2C(F)(F)F)cc1. The largest absolute Gasteiger partial charge is 0.437 e. The van der Waals surface area contributed by atoms with Crippen molar-refractivity contribution in [1.29, 1.82) is 5.26 Å². The van der Waals surface area contributed by atoms with Gasteiger partial charge >= 0.3 is 6.18 Å². The highest BCUT2D eigenvalue weighted by Gasteiger charge is 2.42. The second kappa shape index (κ2) is 4.61. The van der Waals surface area contributed by atoms with Crippen LogP contribution in [0.25, 0.3) is 0 Å². The molecule has 1 heterocycles. The van der Waals surface area contributed by atoms with Crippen LogP contribution in [0.1, 0.15) is 11.1 Å². The number of hydrazine groups is 1. The monoisotopic (exact) mass is 267 g/mol. The van der Waals surface area contributed by atoms with Crippen molar-refractivity contribution >= 4 is 11.4 Å². The van der Waals surface area contributed by atoms with Crippen molar-refractivity contribution in [2.75, 3.05) is 0 Å². The van der Waals surface area contributed by atoms with Gasteiger partial charge in [0.05, 0.1) is 0 Å². The molecule has 2 rings (SSSR count). The first-order valence-electron chi connectivity index (χ1n) is 5.18. The molecule has 1 aromatic rings. The average Bonchev–Trinajstić information content (AvgIpc) is 2.38. The van der Waals surface area contributed by atoms with Gasteiger partial charge in [0.15, 0.2) is 5.71 Å². The number of hydrogen-bond acceptors (Lipinski definition) is 5. The Morgan fingerprint density at radius 3 is 2.42 bits per heavy atom. The lowest BCUT2D eigenvalue weighted by atomic mass is 10.0. The van der Waals surface area contributed by atoms with Crippen LogP contribution < -0.4 is 5.53 Å². The number of aryl methyl sites for hydroxylation is 1. The molecule has 0 bridgehead atoms. The van der Waals surface area contributed by atoms with Crippen LogP contribution in [-0.4, -0.2) is 22.7 Å². The Labute approximate surface area is 106 Å². The summed E-state index contributed by atoms with van der Waals surface area (Å²) < 4.78 is 38.5. The van der Waals surface area contributed by atoms with E-state index in [4.69, 9.17) is 5.26 Å². The summed E-state index contributed by atoms with van der Waals surface area (Å²) in [6.07, 6.45) is -3.11. The molecule has 1 aliphatic rings. The third-order valence-electron chi connectivity index (χ3n) is 2.37. The molecule has 0 fully saturated rings. The van der Waals surface area contributed by atoms with E-state index >= 15 is 0 Å². The quantitative estimate of drug-likeness (QED) is 0.790. The Bertz CT molecular complexity index is 580. The van der Waals surface area contributed by atoms with E-state index < -0.39 is 17.6 Å². The van der Waals surface area contributed by atoms with Gasteiger partial charge in [-0.1, -0.05) is 34.9 Å². The van der Waals surface area contributed by atoms with Crippen LogP contribution in [0.2, 0.25) is 0 Å². The van der Waals surface area contributed by atoms with Crippen LogP contribution in [-0.2, 0) is 0 Å². The topological polar surface area (TPSA) is 63.8 Å². The van der Waals surface area contributed by atoms with Crippen LogP contribution in [0.5, 0.6) is 0 Å². The van der Waals surface area contributed by atoms with Crippen molar-refractivity contribution in [2.45, 2.75) is 13.1 Å². The summed E-state index contributed by atoms with van der Waals surface area (Å²) in [6, 6.07) is 6.31. The van der Waals surface area contributed by atoms with Gasteiger partial charge < -0.3 is 0 Å². The van der Waals surface area contributed by atoms with E-state index in [0.29, 0.717) is 5.12 Å². The first-order chi connectivity index (χ1) is 8.91. The molecule has 1 N–H and O–H groups in total. The normalized spacial score (nSPS) is 15.2. The Hall–Kier alpha value is -2.56. The standard InChI is InChI=1S/C11H8F3N5/c1-7-2-4-8(5-3-7)9-10(11(12,13)14)16-18-19(6-15)17-9/h2-5,18H,1H3. The predicted molar refractivity (Wildman–Crippen MR) is 61.8 cm³/mol. The third kappa shape index (κ3) is 2.65. The zero-order valence-corrected chi connectivity index (χ0v) is 9.73. The van der Waals surface area contributed by atoms with Gasteiger partial charge in [0.1, 0.15) is 5.71 Å². The zero-order valence-electron chi connectivity index (χ0n) is 9.73. The fourth-order valence-electron chi connectivity index (χ4n) is 1.47. The summed E-state index contributed by atoms with van der Waals surface area (Å²) >= 11 is 0. The number of nitrogens with one attached hydrogen (secondary N) is 1. The number of alkyl halides is 3. The van der Waals surface area contributed by atoms with E-state index in [2.05, 4.69) is 10.2 Å². The third-order valence-corrected chi connectivity index (χ3v) is 2.37. The molecule has 1 aromatic carbocycles. The number of rotatable bonds is 1. The number of hydrogen-bond donors (Lipinski definition) is 1. The van der Waals surface area contributed by atoms with Crippen LogP contribution in [0.3, 0.4) is 0 Å². The van der Waals surface area contributed by atoms with Crippen molar-refractivity contribution < 1.29 is 13.2 Å². The van der Waals surface area contributed by atoms with E-state index in [1.165, 1.54) is 12.1 Å². The number of hydrazone groups is 2. The van der Waals surface area contributed by atoms with Gasteiger partial charge in [-0.15, -0.1) is 5.10 Å². The molecule has 1 aliphatic heterocycles. The molecule has 0 aromatic heterocycles. The zero-order chi connectivity index (χ0) is 14.0. The van der Waals surface area contributed by atoms with E-state index in [-0.39, 0.29) is 5.56 Å². The molecule has 98 valence electrons. The van der Waals surface area contributed by atoms with Crippen molar-refractivity contribution in [3.63, 3.8) is 0 Å². The fourth-order valence-corrected chi connectivity index (χ4v) is 1.47. The van der Waals surface area contributed by atoms with Gasteiger partial charge in [-0.2, -0.15) is 29.1 Å². The number of halogens is 3. The summed E-state index contributed by atoms with van der Waals surface area (Å²) in [6.45, 7) is 1.81. The maximum Gasteiger partial charge on any atom is 0.437 e. The van der Waals surface area contributed by atoms with Gasteiger partial charge in [0.2, 0.25) is 6.19 Å². The number of nitriles is 1. The molecular formula is C11H8F3N5. The summed E-state index contributed by atoms with van der Waals surface area (Å²) in [5.74, 6) is 0. The number of benzene rings is 1. The Morgan fingerprint density at radius 1 is 1.26 bits per heavy atom. The number of nitrogens with zero attached hydrogens (tertiary/aromatic N) is 4. The van der Waals surface area contributed by atoms with Crippen molar-refractivity contribution in [3.05, 3.63) is 35.4 Å². The molecule has 0 saturated carbocycles. The van der Waals surface area contributed by atoms with Crippen molar-refractivity contribution in [3.8, 4) is 6.19 Å². The molecule has 0 radical (unpaired) electrons. The molecule has 0 atom stereocenters. The highest BCUT2D eigenvalue weighted by molar-refractivity contribution is 6.50. The Balaban J connectivity index is 2.48. The van der Waals surface area contributed by atoms with Gasteiger partial charge in [0, 0.05) is 5.56 Å². The summed E-state index contributed by atoms with van der Waals surface area (Å²) in [5, 5.41) is 15.9. The van der Waals surface area contributed by atoms with Gasteiger partial charge in [-0.25, -0.2) is 0 Å². The van der Waals surface area contributed by atoms with Crippen LogP contribution >= 0.6 is 0 Å². The van der Waals surface area contributed by atoms with E-state index in [0.717, 1.165) is 5.56 Å². The van der Waals surface area contributed by atoms with Gasteiger partial charge in [-0.3, -0.25) is 0 Å². The van der Waals surface area contributed by atoms with Gasteiger partial charge in [0.25, 0.3) is 0 Å². The lowest BCUT2D eigenvalue weighted by molar-refractivity contribution is -0.0578. The molecule has 0 saturated heterocycles. The highest BCUT2D eigenvalue weighted by Crippen LogP contribution is 2.22. The molecule has 0 amide bonds. The predicted octanol–water partition coefficient (Wildman–Crippen LogP) is 1.92. The average molecular weight is 267 g/mol. The minimum absolute atomic E-state index is 0.239. The lowest BCUT2D eigenvalue weighted by Gasteiger charge is -2.20. The molecule has 19 heavy (non-hydrogen) atoms. The van der Waals surface area contributed by atoms with Crippen LogP contribution in [0.4, 0.5) is 13.2 Å². The Morgan fingerprint density at radius 2 is 1.89 bits per heavy atom. The van der Waals surface area contributed by atoms with E-state index in [9.17, 15) is 13.2 Å². The summed E-state index contributed by atoms with van der Waals surface area (Å²) in [7, 11) is 0. The van der Waals surface area contributed by atoms with E-state index in [1.807, 2.05) is 12.5 Å². The summed E-state index contributed by atoms with van der Waals surface area (Å²) in [5.41, 5.74) is 1.47. The Kier molecular flexibility index (Phi) is 3.12. The first-order valence-corrected chi connectivity index (χ1v) is 5.18. The molecule has 0 aliphatic carbocycles. The van der Waals surface area contributed by atoms with Crippen molar-refractivity contribution in [2.24, 2.45) is 10.2 Å². The summed E-state index contributed by atoms with van der Waals surface area (Å²) in [4.78, 5) is 0. The van der Waals surface area contributed by atoms with E-state index in [1.54, 1.807) is 18.3 Å². The fraction of sp³-hybridized carbons (Fsp3) is 0.182. The van der Waals surface area contributed by atoms with Crippen molar-refractivity contribution in [1.82, 2.24) is 10.7 Å². The van der Waals surface area contributed by atoms with Gasteiger partial charge in [-0.05, 0) is 6.92 Å². The first kappa shape index (κ1) is 12.9. The minimum atomic E-state index is -4.65. The maximum absolute atomic E-state index is 12.8. The maximum atomic E-state index is 12.8. The smallest absolute Gasteiger partial charge is 0.187 e. The van der Waals surface area contributed by atoms with Crippen LogP contribution in [0.15, 0.2) is 34.5 Å². The molecular weight excluding hydrogens is 259 g/mol. The molecule has 5 nitrogen and oxygen atoms in total.